The van der Waals surface area contributed by atoms with Gasteiger partial charge in [0.25, 0.3) is 0 Å². The number of anilines is 1. The number of ether oxygens (including phenoxy) is 2. The normalized spacial score (nSPS) is 15.6. The summed E-state index contributed by atoms with van der Waals surface area (Å²) >= 11 is 1.41. The summed E-state index contributed by atoms with van der Waals surface area (Å²) in [6.07, 6.45) is 6.54. The molecule has 0 saturated carbocycles. The van der Waals surface area contributed by atoms with Crippen LogP contribution in [0.4, 0.5) is 5.95 Å². The highest BCUT2D eigenvalue weighted by molar-refractivity contribution is 8.00. The predicted molar refractivity (Wildman–Crippen MR) is 114 cm³/mol. The molecule has 0 bridgehead atoms. The molecule has 3 aromatic rings. The first-order valence-electron chi connectivity index (χ1n) is 9.34. The van der Waals surface area contributed by atoms with E-state index in [0.717, 1.165) is 28.3 Å². The average Bonchev–Trinajstić information content (AvgIpc) is 3.11. The Hall–Kier alpha value is -2.84. The van der Waals surface area contributed by atoms with Crippen molar-refractivity contribution in [1.29, 1.82) is 0 Å². The van der Waals surface area contributed by atoms with Crippen molar-refractivity contribution >= 4 is 23.5 Å². The lowest BCUT2D eigenvalue weighted by Gasteiger charge is -2.30. The molecule has 150 valence electrons. The van der Waals surface area contributed by atoms with E-state index in [0.29, 0.717) is 18.4 Å². The Kier molecular flexibility index (Phi) is 5.55. The molecule has 0 radical (unpaired) electrons. The summed E-state index contributed by atoms with van der Waals surface area (Å²) in [7, 11) is 1.88. The monoisotopic (exact) mass is 409 g/mol. The van der Waals surface area contributed by atoms with Gasteiger partial charge in [-0.05, 0) is 43.5 Å². The summed E-state index contributed by atoms with van der Waals surface area (Å²) in [4.78, 5) is 10.2. The van der Waals surface area contributed by atoms with Crippen LogP contribution in [0.1, 0.15) is 26.0 Å². The number of nitrogens with zero attached hydrogens (tertiary/aromatic N) is 4. The van der Waals surface area contributed by atoms with Gasteiger partial charge in [0.05, 0.1) is 29.0 Å². The van der Waals surface area contributed by atoms with Crippen LogP contribution in [0.3, 0.4) is 0 Å². The van der Waals surface area contributed by atoms with Gasteiger partial charge in [0.1, 0.15) is 5.75 Å². The Morgan fingerprint density at radius 3 is 2.76 bits per heavy atom. The molecule has 1 aliphatic rings. The van der Waals surface area contributed by atoms with Gasteiger partial charge in [-0.15, -0.1) is 0 Å². The van der Waals surface area contributed by atoms with Crippen LogP contribution in [-0.2, 0) is 11.8 Å². The fraction of sp³-hybridized carbons (Fsp3) is 0.286. The molecule has 0 fully saturated rings. The van der Waals surface area contributed by atoms with E-state index in [1.165, 1.54) is 11.9 Å². The molecule has 1 aliphatic heterocycles. The van der Waals surface area contributed by atoms with E-state index in [2.05, 4.69) is 34.7 Å². The van der Waals surface area contributed by atoms with Crippen molar-refractivity contribution in [3.63, 3.8) is 0 Å². The van der Waals surface area contributed by atoms with Gasteiger partial charge in [-0.25, -0.2) is 4.98 Å². The van der Waals surface area contributed by atoms with Crippen molar-refractivity contribution in [1.82, 2.24) is 19.7 Å². The first-order chi connectivity index (χ1) is 14.0. The number of aryl methyl sites for hydroxylation is 1. The van der Waals surface area contributed by atoms with Gasteiger partial charge in [0, 0.05) is 25.7 Å². The minimum Gasteiger partial charge on any atom is -0.439 e. The lowest BCUT2D eigenvalue weighted by molar-refractivity contribution is -0.00307. The van der Waals surface area contributed by atoms with Gasteiger partial charge in [-0.3, -0.25) is 9.40 Å². The number of rotatable bonds is 6. The Balaban J connectivity index is 1.62. The van der Waals surface area contributed by atoms with Crippen LogP contribution in [0.15, 0.2) is 59.8 Å². The van der Waals surface area contributed by atoms with Gasteiger partial charge in [-0.2, -0.15) is 10.1 Å². The first-order valence-corrected chi connectivity index (χ1v) is 10.2. The molecule has 29 heavy (non-hydrogen) atoms. The topological polar surface area (TPSA) is 74.1 Å². The van der Waals surface area contributed by atoms with E-state index < -0.39 is 0 Å². The van der Waals surface area contributed by atoms with E-state index in [1.807, 2.05) is 49.6 Å². The van der Waals surface area contributed by atoms with Crippen LogP contribution in [0, 0.1) is 0 Å². The van der Waals surface area contributed by atoms with E-state index in [-0.39, 0.29) is 5.60 Å². The standard InChI is InChI=1S/C21H23N5O2S/c1-21(2)12-15(9-10-27-21)18-11-19(28-16-7-5-4-6-8-16)24-20(23-18)25-29-17-13-22-26(3)14-17/h4-9,11,13-14H,10,12H2,1-3H3,(H,23,24,25). The first kappa shape index (κ1) is 19.5. The summed E-state index contributed by atoms with van der Waals surface area (Å²) in [6.45, 7) is 4.73. The highest BCUT2D eigenvalue weighted by atomic mass is 32.2. The highest BCUT2D eigenvalue weighted by Crippen LogP contribution is 2.33. The molecule has 0 unspecified atom stereocenters. The van der Waals surface area contributed by atoms with Crippen LogP contribution in [-0.4, -0.2) is 32.0 Å². The zero-order valence-corrected chi connectivity index (χ0v) is 17.4. The van der Waals surface area contributed by atoms with Crippen molar-refractivity contribution in [2.24, 2.45) is 7.05 Å². The van der Waals surface area contributed by atoms with Gasteiger partial charge >= 0.3 is 0 Å². The van der Waals surface area contributed by atoms with Crippen LogP contribution < -0.4 is 9.46 Å². The average molecular weight is 410 g/mol. The van der Waals surface area contributed by atoms with Crippen molar-refractivity contribution in [2.45, 2.75) is 30.8 Å². The predicted octanol–water partition coefficient (Wildman–Crippen LogP) is 4.70. The Morgan fingerprint density at radius 2 is 2.03 bits per heavy atom. The Bertz CT molecular complexity index is 1020. The number of benzene rings is 1. The molecule has 0 amide bonds. The zero-order valence-electron chi connectivity index (χ0n) is 16.6. The SMILES string of the molecule is Cn1cc(SNc2nc(Oc3ccccc3)cc(C3=CCOC(C)(C)C3)n2)cn1. The van der Waals surface area contributed by atoms with E-state index in [1.54, 1.807) is 10.9 Å². The minimum absolute atomic E-state index is 0.229. The molecular formula is C21H23N5O2S. The maximum Gasteiger partial charge on any atom is 0.237 e. The molecule has 3 heterocycles. The summed E-state index contributed by atoms with van der Waals surface area (Å²) in [5.74, 6) is 1.69. The van der Waals surface area contributed by atoms with Gasteiger partial charge < -0.3 is 9.47 Å². The van der Waals surface area contributed by atoms with E-state index >= 15 is 0 Å². The summed E-state index contributed by atoms with van der Waals surface area (Å²) in [5.41, 5.74) is 1.72. The maximum atomic E-state index is 5.98. The third kappa shape index (κ3) is 5.16. The Labute approximate surface area is 174 Å². The number of hydrogen-bond donors (Lipinski definition) is 1. The second kappa shape index (κ2) is 8.26. The molecule has 8 heteroatoms. The van der Waals surface area contributed by atoms with Gasteiger partial charge in [-0.1, -0.05) is 24.3 Å². The molecule has 1 aromatic carbocycles. The maximum absolute atomic E-state index is 5.98. The molecule has 0 atom stereocenters. The van der Waals surface area contributed by atoms with E-state index in [4.69, 9.17) is 14.5 Å². The number of hydrogen-bond acceptors (Lipinski definition) is 7. The summed E-state index contributed by atoms with van der Waals surface area (Å²) < 4.78 is 16.7. The van der Waals surface area contributed by atoms with Crippen LogP contribution in [0.2, 0.25) is 0 Å². The van der Waals surface area contributed by atoms with Crippen molar-refractivity contribution in [3.05, 3.63) is 60.6 Å². The quantitative estimate of drug-likeness (QED) is 0.591. The zero-order chi connectivity index (χ0) is 20.3. The minimum atomic E-state index is -0.229. The highest BCUT2D eigenvalue weighted by Gasteiger charge is 2.25. The fourth-order valence-electron chi connectivity index (χ4n) is 3.00. The molecule has 0 saturated heterocycles. The van der Waals surface area contributed by atoms with Crippen molar-refractivity contribution in [3.8, 4) is 11.6 Å². The Morgan fingerprint density at radius 1 is 1.21 bits per heavy atom. The third-order valence-electron chi connectivity index (χ3n) is 4.36. The molecule has 7 nitrogen and oxygen atoms in total. The summed E-state index contributed by atoms with van der Waals surface area (Å²) in [6, 6.07) is 11.5. The molecule has 1 N–H and O–H groups in total. The van der Waals surface area contributed by atoms with Crippen LogP contribution >= 0.6 is 11.9 Å². The van der Waals surface area contributed by atoms with E-state index in [9.17, 15) is 0 Å². The van der Waals surface area contributed by atoms with Crippen molar-refractivity contribution in [2.75, 3.05) is 11.3 Å². The van der Waals surface area contributed by atoms with Gasteiger partial charge in [0.15, 0.2) is 0 Å². The lowest BCUT2D eigenvalue weighted by atomic mass is 9.94. The molecule has 0 spiro atoms. The molecule has 2 aromatic heterocycles. The largest absolute Gasteiger partial charge is 0.439 e. The van der Waals surface area contributed by atoms with Crippen molar-refractivity contribution < 1.29 is 9.47 Å². The molecular weight excluding hydrogens is 386 g/mol. The third-order valence-corrected chi connectivity index (χ3v) is 5.09. The molecule has 4 rings (SSSR count). The number of nitrogens with one attached hydrogen (secondary N) is 1. The lowest BCUT2D eigenvalue weighted by Crippen LogP contribution is -2.28. The smallest absolute Gasteiger partial charge is 0.237 e. The van der Waals surface area contributed by atoms with Crippen LogP contribution in [0.25, 0.3) is 5.57 Å². The molecule has 0 aliphatic carbocycles. The number of aromatic nitrogens is 4. The number of para-hydroxylation sites is 1. The summed E-state index contributed by atoms with van der Waals surface area (Å²) in [5, 5.41) is 4.18. The fourth-order valence-corrected chi connectivity index (χ4v) is 3.60. The second-order valence-electron chi connectivity index (χ2n) is 7.36. The van der Waals surface area contributed by atoms with Gasteiger partial charge in [0.2, 0.25) is 11.8 Å². The van der Waals surface area contributed by atoms with Crippen LogP contribution in [0.5, 0.6) is 11.6 Å². The second-order valence-corrected chi connectivity index (χ2v) is 8.24.